The molecular weight excluding hydrogens is 380 g/mol. The van der Waals surface area contributed by atoms with Crippen LogP contribution in [-0.4, -0.2) is 39.5 Å². The van der Waals surface area contributed by atoms with Crippen LogP contribution in [0.5, 0.6) is 0 Å². The zero-order valence-electron chi connectivity index (χ0n) is 17.2. The van der Waals surface area contributed by atoms with Crippen molar-refractivity contribution in [3.05, 3.63) is 65.2 Å². The predicted molar refractivity (Wildman–Crippen MR) is 117 cm³/mol. The van der Waals surface area contributed by atoms with E-state index in [2.05, 4.69) is 9.97 Å². The van der Waals surface area contributed by atoms with E-state index in [1.54, 1.807) is 29.2 Å². The van der Waals surface area contributed by atoms with E-state index in [1.807, 2.05) is 39.0 Å². The molecule has 0 saturated heterocycles. The summed E-state index contributed by atoms with van der Waals surface area (Å²) < 4.78 is 5.40. The normalized spacial score (nSPS) is 15.2. The van der Waals surface area contributed by atoms with Crippen LogP contribution in [0.1, 0.15) is 42.0 Å². The molecule has 0 spiro atoms. The summed E-state index contributed by atoms with van der Waals surface area (Å²) in [5.74, 6) is 0.231. The van der Waals surface area contributed by atoms with Crippen LogP contribution in [0.4, 0.5) is 5.69 Å². The van der Waals surface area contributed by atoms with Crippen molar-refractivity contribution in [3.63, 3.8) is 0 Å². The summed E-state index contributed by atoms with van der Waals surface area (Å²) in [4.78, 5) is 21.7. The quantitative estimate of drug-likeness (QED) is 0.540. The molecule has 1 aliphatic heterocycles. The summed E-state index contributed by atoms with van der Waals surface area (Å²) in [5, 5.41) is 19.2. The molecule has 7 heteroatoms. The molecule has 154 valence electrons. The lowest BCUT2D eigenvalue weighted by atomic mass is 10.1. The van der Waals surface area contributed by atoms with Crippen molar-refractivity contribution in [2.75, 3.05) is 11.4 Å². The fourth-order valence-electron chi connectivity index (χ4n) is 3.43. The fraction of sp³-hybridized carbons (Fsp3) is 0.261. The molecule has 3 N–H and O–H groups in total. The number of hydrogen-bond donors (Lipinski definition) is 3. The molecule has 0 fully saturated rings. The number of aromatic amines is 1. The number of hydrogen-bond acceptors (Lipinski definition) is 5. The molecule has 1 aromatic heterocycles. The second-order valence-electron chi connectivity index (χ2n) is 7.54. The van der Waals surface area contributed by atoms with Crippen molar-refractivity contribution in [1.29, 1.82) is 5.41 Å². The van der Waals surface area contributed by atoms with E-state index < -0.39 is 5.97 Å². The highest BCUT2D eigenvalue weighted by atomic mass is 16.5. The molecular formula is C23H24N4O3. The van der Waals surface area contributed by atoms with Crippen LogP contribution in [0.15, 0.2) is 48.2 Å². The molecule has 0 aliphatic carbocycles. The number of nitrogens with zero attached hydrogens (tertiary/aromatic N) is 2. The molecule has 1 aliphatic rings. The lowest BCUT2D eigenvalue weighted by molar-refractivity contribution is 0.0334. The largest absolute Gasteiger partial charge is 0.509 e. The van der Waals surface area contributed by atoms with Crippen molar-refractivity contribution < 1.29 is 14.6 Å². The Hall–Kier alpha value is -3.61. The molecule has 2 aromatic carbocycles. The number of nitrogens with one attached hydrogen (secondary N) is 2. The highest BCUT2D eigenvalue weighted by molar-refractivity contribution is 6.30. The number of rotatable bonds is 5. The molecule has 1 unspecified atom stereocenters. The van der Waals surface area contributed by atoms with Crippen molar-refractivity contribution >= 4 is 34.1 Å². The number of esters is 1. The number of imidazole rings is 1. The minimum Gasteiger partial charge on any atom is -0.509 e. The number of amidine groups is 1. The summed E-state index contributed by atoms with van der Waals surface area (Å²) >= 11 is 0. The van der Waals surface area contributed by atoms with Gasteiger partial charge in [0.05, 0.1) is 34.8 Å². The minimum absolute atomic E-state index is 0.0587. The Morgan fingerprint density at radius 2 is 2.13 bits per heavy atom. The highest BCUT2D eigenvalue weighted by Crippen LogP contribution is 2.31. The highest BCUT2D eigenvalue weighted by Gasteiger charge is 2.31. The van der Waals surface area contributed by atoms with E-state index in [1.165, 1.54) is 0 Å². The third-order valence-corrected chi connectivity index (χ3v) is 5.25. The Kier molecular flexibility index (Phi) is 5.03. The van der Waals surface area contributed by atoms with Crippen LogP contribution in [0.2, 0.25) is 0 Å². The second-order valence-corrected chi connectivity index (χ2v) is 7.54. The molecule has 0 amide bonds. The van der Waals surface area contributed by atoms with Crippen LogP contribution >= 0.6 is 0 Å². The van der Waals surface area contributed by atoms with Gasteiger partial charge in [-0.05, 0) is 56.2 Å². The molecule has 4 rings (SSSR count). The number of fused-ring (bicyclic) bond motifs is 1. The topological polar surface area (TPSA) is 102 Å². The van der Waals surface area contributed by atoms with E-state index in [4.69, 9.17) is 10.1 Å². The van der Waals surface area contributed by atoms with Gasteiger partial charge in [0.15, 0.2) is 0 Å². The summed E-state index contributed by atoms with van der Waals surface area (Å²) in [5.41, 5.74) is 4.12. The van der Waals surface area contributed by atoms with Crippen molar-refractivity contribution in [2.24, 2.45) is 0 Å². The van der Waals surface area contributed by atoms with Crippen molar-refractivity contribution in [3.8, 4) is 0 Å². The van der Waals surface area contributed by atoms with E-state index in [-0.39, 0.29) is 24.2 Å². The summed E-state index contributed by atoms with van der Waals surface area (Å²) in [6, 6.07) is 12.8. The van der Waals surface area contributed by atoms with Crippen LogP contribution in [0.25, 0.3) is 16.6 Å². The maximum Gasteiger partial charge on any atom is 0.338 e. The predicted octanol–water partition coefficient (Wildman–Crippen LogP) is 4.59. The van der Waals surface area contributed by atoms with Crippen LogP contribution < -0.4 is 4.90 Å². The number of anilines is 1. The monoisotopic (exact) mass is 404 g/mol. The molecule has 0 saturated carbocycles. The Morgan fingerprint density at radius 1 is 1.33 bits per heavy atom. The van der Waals surface area contributed by atoms with Crippen molar-refractivity contribution in [2.45, 2.75) is 33.3 Å². The van der Waals surface area contributed by atoms with E-state index in [0.717, 1.165) is 23.0 Å². The van der Waals surface area contributed by atoms with Gasteiger partial charge in [-0.2, -0.15) is 0 Å². The molecule has 0 radical (unpaired) electrons. The Bertz CT molecular complexity index is 1180. The number of ether oxygens (including phenoxy) is 1. The summed E-state index contributed by atoms with van der Waals surface area (Å²) in [6.45, 7) is 5.93. The van der Waals surface area contributed by atoms with Crippen LogP contribution in [0.3, 0.4) is 0 Å². The Balaban J connectivity index is 1.61. The van der Waals surface area contributed by atoms with Crippen molar-refractivity contribution in [1.82, 2.24) is 9.97 Å². The van der Waals surface area contributed by atoms with Crippen LogP contribution in [-0.2, 0) is 4.74 Å². The number of carbonyl (C=O) groups is 1. The van der Waals surface area contributed by atoms with Gasteiger partial charge < -0.3 is 19.7 Å². The zero-order chi connectivity index (χ0) is 21.4. The number of aliphatic hydroxyl groups is 1. The Labute approximate surface area is 174 Å². The maximum atomic E-state index is 12.4. The van der Waals surface area contributed by atoms with Gasteiger partial charge in [-0.1, -0.05) is 19.1 Å². The lowest BCUT2D eigenvalue weighted by Gasteiger charge is -2.19. The van der Waals surface area contributed by atoms with Gasteiger partial charge in [0.1, 0.15) is 17.4 Å². The van der Waals surface area contributed by atoms with Gasteiger partial charge in [-0.25, -0.2) is 9.78 Å². The number of aryl methyl sites for hydroxylation is 1. The van der Waals surface area contributed by atoms with Gasteiger partial charge >= 0.3 is 5.97 Å². The lowest BCUT2D eigenvalue weighted by Crippen LogP contribution is -2.26. The average Bonchev–Trinajstić information content (AvgIpc) is 3.27. The van der Waals surface area contributed by atoms with Gasteiger partial charge in [0.25, 0.3) is 0 Å². The first kappa shape index (κ1) is 19.7. The molecule has 7 nitrogen and oxygen atoms in total. The average molecular weight is 404 g/mol. The van der Waals surface area contributed by atoms with Gasteiger partial charge in [0, 0.05) is 5.69 Å². The summed E-state index contributed by atoms with van der Waals surface area (Å²) in [6.07, 6.45) is 0.570. The molecule has 1 atom stereocenters. The smallest absolute Gasteiger partial charge is 0.338 e. The number of aromatic nitrogens is 2. The maximum absolute atomic E-state index is 12.4. The minimum atomic E-state index is -0.401. The van der Waals surface area contributed by atoms with E-state index >= 15 is 0 Å². The van der Waals surface area contributed by atoms with Gasteiger partial charge in [-0.15, -0.1) is 0 Å². The Morgan fingerprint density at radius 3 is 2.90 bits per heavy atom. The number of aliphatic hydroxyl groups excluding tert-OH is 1. The first-order chi connectivity index (χ1) is 14.4. The van der Waals surface area contributed by atoms with E-state index in [0.29, 0.717) is 22.6 Å². The van der Waals surface area contributed by atoms with Gasteiger partial charge in [-0.3, -0.25) is 5.41 Å². The summed E-state index contributed by atoms with van der Waals surface area (Å²) in [7, 11) is 0. The SMILES string of the molecule is CCC(C)OC(=O)c1cccc(N2CC(O)=C(c3nc4ccc(C)cc4[nH]3)C2=N)c1. The number of H-pyrrole nitrogens is 1. The van der Waals surface area contributed by atoms with Gasteiger partial charge in [0.2, 0.25) is 0 Å². The first-order valence-electron chi connectivity index (χ1n) is 9.93. The first-order valence-corrected chi connectivity index (χ1v) is 9.93. The molecule has 30 heavy (non-hydrogen) atoms. The number of benzene rings is 2. The third-order valence-electron chi connectivity index (χ3n) is 5.25. The number of carbonyl (C=O) groups excluding carboxylic acids is 1. The van der Waals surface area contributed by atoms with E-state index in [9.17, 15) is 9.90 Å². The zero-order valence-corrected chi connectivity index (χ0v) is 17.2. The molecule has 0 bridgehead atoms. The standard InChI is InChI=1S/C23H24N4O3/c1-4-14(3)30-23(29)15-6-5-7-16(11-15)27-12-19(28)20(21(27)24)22-25-17-9-8-13(2)10-18(17)26-22/h5-11,14,24,28H,4,12H2,1-3H3,(H,25,26). The fourth-order valence-corrected chi connectivity index (χ4v) is 3.43. The third kappa shape index (κ3) is 3.54. The molecule has 3 aromatic rings. The molecule has 2 heterocycles. The van der Waals surface area contributed by atoms with Crippen LogP contribution in [0, 0.1) is 12.3 Å². The second kappa shape index (κ2) is 7.67.